The fraction of sp³-hybridized carbons (Fsp3) is 0.706. The van der Waals surface area contributed by atoms with Crippen molar-refractivity contribution in [2.45, 2.75) is 63.7 Å². The molecule has 2 heterocycles. The van der Waals surface area contributed by atoms with Gasteiger partial charge in [0.2, 0.25) is 0 Å². The molecule has 1 aliphatic carbocycles. The smallest absolute Gasteiger partial charge is 0.142 e. The average molecular weight is 290 g/mol. The number of hydrogen-bond acceptors (Lipinski definition) is 4. The molecule has 1 aromatic rings. The van der Waals surface area contributed by atoms with E-state index in [0.29, 0.717) is 6.61 Å². The third kappa shape index (κ3) is 3.38. The van der Waals surface area contributed by atoms with Crippen LogP contribution in [0.1, 0.15) is 49.9 Å². The lowest BCUT2D eigenvalue weighted by molar-refractivity contribution is -0.0510. The molecule has 0 bridgehead atoms. The van der Waals surface area contributed by atoms with Crippen LogP contribution in [0, 0.1) is 6.92 Å². The van der Waals surface area contributed by atoms with E-state index < -0.39 is 0 Å². The number of aromatic nitrogens is 1. The van der Waals surface area contributed by atoms with E-state index in [9.17, 15) is 0 Å². The second-order valence-corrected chi connectivity index (χ2v) is 6.41. The molecule has 3 rings (SSSR count). The molecule has 1 saturated heterocycles. The van der Waals surface area contributed by atoms with Crippen LogP contribution in [0.2, 0.25) is 0 Å². The van der Waals surface area contributed by atoms with E-state index in [1.165, 1.54) is 32.1 Å². The molecule has 1 atom stereocenters. The fourth-order valence-corrected chi connectivity index (χ4v) is 3.61. The van der Waals surface area contributed by atoms with Crippen LogP contribution in [0.5, 0.6) is 5.75 Å². The topological polar surface area (TPSA) is 43.4 Å². The highest BCUT2D eigenvalue weighted by atomic mass is 16.6. The molecule has 1 aliphatic heterocycles. The van der Waals surface area contributed by atoms with E-state index in [2.05, 4.69) is 10.3 Å². The summed E-state index contributed by atoms with van der Waals surface area (Å²) < 4.78 is 12.3. The number of nitrogens with one attached hydrogen (secondary N) is 1. The number of ether oxygens (including phenoxy) is 2. The number of hydrogen-bond donors (Lipinski definition) is 1. The van der Waals surface area contributed by atoms with Crippen LogP contribution in [0.3, 0.4) is 0 Å². The summed E-state index contributed by atoms with van der Waals surface area (Å²) in [6.07, 6.45) is 7.69. The van der Waals surface area contributed by atoms with Crippen molar-refractivity contribution in [2.24, 2.45) is 0 Å². The molecule has 1 unspecified atom stereocenters. The fourth-order valence-electron chi connectivity index (χ4n) is 3.61. The van der Waals surface area contributed by atoms with Gasteiger partial charge in [0, 0.05) is 12.2 Å². The maximum atomic E-state index is 6.29. The molecule has 1 saturated carbocycles. The minimum absolute atomic E-state index is 0.188. The van der Waals surface area contributed by atoms with E-state index in [1.54, 1.807) is 0 Å². The zero-order valence-electron chi connectivity index (χ0n) is 13.2. The summed E-state index contributed by atoms with van der Waals surface area (Å²) in [5, 5.41) is 3.15. The Morgan fingerprint density at radius 2 is 2.14 bits per heavy atom. The van der Waals surface area contributed by atoms with Crippen molar-refractivity contribution in [1.82, 2.24) is 10.3 Å². The lowest BCUT2D eigenvalue weighted by Gasteiger charge is -2.24. The monoisotopic (exact) mass is 290 g/mol. The molecule has 2 aliphatic rings. The Balaban J connectivity index is 1.58. The minimum atomic E-state index is 0.188. The van der Waals surface area contributed by atoms with Crippen LogP contribution in [-0.4, -0.2) is 30.3 Å². The van der Waals surface area contributed by atoms with E-state index in [4.69, 9.17) is 9.47 Å². The summed E-state index contributed by atoms with van der Waals surface area (Å²) in [6, 6.07) is 4.03. The summed E-state index contributed by atoms with van der Waals surface area (Å²) in [4.78, 5) is 4.55. The van der Waals surface area contributed by atoms with Crippen molar-refractivity contribution in [2.75, 3.05) is 13.7 Å². The molecule has 1 aromatic heterocycles. The SMILES string of the molecule is CNCc1nc(C)ccc1OCC1CCC2(CCCC2)O1. The van der Waals surface area contributed by atoms with Crippen LogP contribution in [0.25, 0.3) is 0 Å². The summed E-state index contributed by atoms with van der Waals surface area (Å²) in [5.74, 6) is 0.880. The molecule has 4 nitrogen and oxygen atoms in total. The second kappa shape index (κ2) is 6.32. The Labute approximate surface area is 127 Å². The maximum absolute atomic E-state index is 6.29. The van der Waals surface area contributed by atoms with Crippen LogP contribution < -0.4 is 10.1 Å². The van der Waals surface area contributed by atoms with Crippen molar-refractivity contribution in [3.8, 4) is 5.75 Å². The summed E-state index contributed by atoms with van der Waals surface area (Å²) in [6.45, 7) is 3.38. The molecule has 0 radical (unpaired) electrons. The minimum Gasteiger partial charge on any atom is -0.489 e. The predicted octanol–water partition coefficient (Wildman–Crippen LogP) is 2.98. The van der Waals surface area contributed by atoms with E-state index >= 15 is 0 Å². The lowest BCUT2D eigenvalue weighted by atomic mass is 9.98. The summed E-state index contributed by atoms with van der Waals surface area (Å²) in [7, 11) is 1.93. The van der Waals surface area contributed by atoms with Gasteiger partial charge in [-0.25, -0.2) is 0 Å². The van der Waals surface area contributed by atoms with Gasteiger partial charge in [-0.3, -0.25) is 4.98 Å². The van der Waals surface area contributed by atoms with Gasteiger partial charge < -0.3 is 14.8 Å². The largest absolute Gasteiger partial charge is 0.489 e. The van der Waals surface area contributed by atoms with E-state index in [-0.39, 0.29) is 11.7 Å². The molecule has 4 heteroatoms. The van der Waals surface area contributed by atoms with Crippen molar-refractivity contribution in [3.63, 3.8) is 0 Å². The zero-order chi connectivity index (χ0) is 14.7. The molecule has 2 fully saturated rings. The molecule has 1 spiro atoms. The molecule has 0 amide bonds. The van der Waals surface area contributed by atoms with E-state index in [1.807, 2.05) is 26.1 Å². The Kier molecular flexibility index (Phi) is 4.45. The second-order valence-electron chi connectivity index (χ2n) is 6.41. The third-order valence-corrected chi connectivity index (χ3v) is 4.69. The number of pyridine rings is 1. The van der Waals surface area contributed by atoms with Crippen molar-refractivity contribution in [1.29, 1.82) is 0 Å². The first kappa shape index (κ1) is 14.8. The van der Waals surface area contributed by atoms with Gasteiger partial charge in [-0.1, -0.05) is 12.8 Å². The highest BCUT2D eigenvalue weighted by Gasteiger charge is 2.42. The standard InChI is InChI=1S/C17H26N2O2/c1-13-5-6-16(15(19-13)11-18-2)20-12-14-7-10-17(21-14)8-3-4-9-17/h5-6,14,18H,3-4,7-12H2,1-2H3. The number of aryl methyl sites for hydroxylation is 1. The van der Waals surface area contributed by atoms with E-state index in [0.717, 1.165) is 30.1 Å². The summed E-state index contributed by atoms with van der Waals surface area (Å²) in [5.41, 5.74) is 2.19. The Morgan fingerprint density at radius 3 is 2.90 bits per heavy atom. The van der Waals surface area contributed by atoms with Crippen molar-refractivity contribution in [3.05, 3.63) is 23.5 Å². The molecule has 116 valence electrons. The molecular weight excluding hydrogens is 264 g/mol. The molecule has 1 N–H and O–H groups in total. The van der Waals surface area contributed by atoms with Gasteiger partial charge in [0.25, 0.3) is 0 Å². The van der Waals surface area contributed by atoms with Crippen LogP contribution in [0.4, 0.5) is 0 Å². The summed E-state index contributed by atoms with van der Waals surface area (Å²) >= 11 is 0. The normalized spacial score (nSPS) is 23.8. The first-order chi connectivity index (χ1) is 10.2. The van der Waals surface area contributed by atoms with Crippen LogP contribution >= 0.6 is 0 Å². The molecule has 21 heavy (non-hydrogen) atoms. The third-order valence-electron chi connectivity index (χ3n) is 4.69. The highest BCUT2D eigenvalue weighted by Crippen LogP contribution is 2.43. The van der Waals surface area contributed by atoms with Gasteiger partial charge >= 0.3 is 0 Å². The molecular formula is C17H26N2O2. The highest BCUT2D eigenvalue weighted by molar-refractivity contribution is 5.29. The molecule has 0 aromatic carbocycles. The average Bonchev–Trinajstić information content (AvgIpc) is 3.09. The number of nitrogens with zero attached hydrogens (tertiary/aromatic N) is 1. The zero-order valence-corrected chi connectivity index (χ0v) is 13.2. The van der Waals surface area contributed by atoms with Crippen molar-refractivity contribution < 1.29 is 9.47 Å². The first-order valence-corrected chi connectivity index (χ1v) is 8.12. The lowest BCUT2D eigenvalue weighted by Crippen LogP contribution is -2.27. The van der Waals surface area contributed by atoms with Crippen LogP contribution in [0.15, 0.2) is 12.1 Å². The van der Waals surface area contributed by atoms with Crippen LogP contribution in [-0.2, 0) is 11.3 Å². The predicted molar refractivity (Wildman–Crippen MR) is 82.5 cm³/mol. The first-order valence-electron chi connectivity index (χ1n) is 8.12. The Hall–Kier alpha value is -1.13. The van der Waals surface area contributed by atoms with Gasteiger partial charge in [0.1, 0.15) is 12.4 Å². The Morgan fingerprint density at radius 1 is 1.33 bits per heavy atom. The van der Waals surface area contributed by atoms with Gasteiger partial charge in [-0.05, 0) is 51.8 Å². The van der Waals surface area contributed by atoms with Gasteiger partial charge in [-0.2, -0.15) is 0 Å². The van der Waals surface area contributed by atoms with Gasteiger partial charge in [-0.15, -0.1) is 0 Å². The number of rotatable bonds is 5. The Bertz CT molecular complexity index is 484. The quantitative estimate of drug-likeness (QED) is 0.905. The van der Waals surface area contributed by atoms with Gasteiger partial charge in [0.05, 0.1) is 17.4 Å². The van der Waals surface area contributed by atoms with Crippen molar-refractivity contribution >= 4 is 0 Å². The van der Waals surface area contributed by atoms with Gasteiger partial charge in [0.15, 0.2) is 0 Å². The maximum Gasteiger partial charge on any atom is 0.142 e.